The SMILES string of the molecule is CC(C)C(=O)N1C(c2ccccc2I)=N[C@@H](c2ccccc2)[C@@H]1c1ccccc1. The summed E-state index contributed by atoms with van der Waals surface area (Å²) in [6, 6.07) is 28.3. The van der Waals surface area contributed by atoms with Crippen LogP contribution in [0.15, 0.2) is 89.9 Å². The quantitative estimate of drug-likeness (QED) is 0.409. The van der Waals surface area contributed by atoms with Crippen LogP contribution in [-0.2, 0) is 4.79 Å². The van der Waals surface area contributed by atoms with Crippen LogP contribution < -0.4 is 0 Å². The summed E-state index contributed by atoms with van der Waals surface area (Å²) in [4.78, 5) is 20.5. The first kappa shape index (κ1) is 19.8. The van der Waals surface area contributed by atoms with E-state index >= 15 is 0 Å². The van der Waals surface area contributed by atoms with Gasteiger partial charge < -0.3 is 0 Å². The van der Waals surface area contributed by atoms with Crippen molar-refractivity contribution in [3.05, 3.63) is 105 Å². The highest BCUT2D eigenvalue weighted by Crippen LogP contribution is 2.44. The summed E-state index contributed by atoms with van der Waals surface area (Å²) in [7, 11) is 0. The molecule has 3 aromatic rings. The Balaban J connectivity index is 1.93. The summed E-state index contributed by atoms with van der Waals surface area (Å²) in [6.07, 6.45) is 0. The molecular formula is C25H23IN2O. The van der Waals surface area contributed by atoms with Crippen LogP contribution in [0.2, 0.25) is 0 Å². The van der Waals surface area contributed by atoms with Crippen LogP contribution in [-0.4, -0.2) is 16.6 Å². The molecule has 4 heteroatoms. The van der Waals surface area contributed by atoms with E-state index in [1.165, 1.54) is 0 Å². The summed E-state index contributed by atoms with van der Waals surface area (Å²) >= 11 is 2.33. The van der Waals surface area contributed by atoms with E-state index in [1.54, 1.807) is 0 Å². The highest BCUT2D eigenvalue weighted by molar-refractivity contribution is 14.1. The maximum Gasteiger partial charge on any atom is 0.231 e. The van der Waals surface area contributed by atoms with Crippen molar-refractivity contribution in [1.82, 2.24) is 4.90 Å². The normalized spacial score (nSPS) is 18.8. The van der Waals surface area contributed by atoms with Crippen LogP contribution in [0.1, 0.15) is 42.6 Å². The molecule has 3 aromatic carbocycles. The second-order valence-corrected chi connectivity index (χ2v) is 8.67. The number of hydrogen-bond acceptors (Lipinski definition) is 2. The predicted molar refractivity (Wildman–Crippen MR) is 126 cm³/mol. The fourth-order valence-electron chi connectivity index (χ4n) is 3.79. The molecule has 1 heterocycles. The van der Waals surface area contributed by atoms with Crippen LogP contribution in [0.5, 0.6) is 0 Å². The van der Waals surface area contributed by atoms with Crippen LogP contribution in [0.3, 0.4) is 0 Å². The Bertz CT molecular complexity index is 1030. The minimum absolute atomic E-state index is 0.0932. The van der Waals surface area contributed by atoms with Crippen molar-refractivity contribution in [2.75, 3.05) is 0 Å². The van der Waals surface area contributed by atoms with Gasteiger partial charge in [0, 0.05) is 15.1 Å². The summed E-state index contributed by atoms with van der Waals surface area (Å²) < 4.78 is 1.09. The number of benzene rings is 3. The van der Waals surface area contributed by atoms with Crippen molar-refractivity contribution in [3.63, 3.8) is 0 Å². The molecule has 1 aliphatic rings. The van der Waals surface area contributed by atoms with Crippen LogP contribution >= 0.6 is 22.6 Å². The fraction of sp³-hybridized carbons (Fsp3) is 0.200. The lowest BCUT2D eigenvalue weighted by molar-refractivity contribution is -0.132. The van der Waals surface area contributed by atoms with E-state index in [9.17, 15) is 4.79 Å². The third-order valence-corrected chi connectivity index (χ3v) is 6.14. The third-order valence-electron chi connectivity index (χ3n) is 5.20. The van der Waals surface area contributed by atoms with Crippen LogP contribution in [0, 0.1) is 9.49 Å². The Morgan fingerprint density at radius 2 is 1.41 bits per heavy atom. The highest BCUT2D eigenvalue weighted by Gasteiger charge is 2.42. The number of nitrogens with zero attached hydrogens (tertiary/aromatic N) is 2. The number of aliphatic imine (C=N–C) groups is 1. The van der Waals surface area contributed by atoms with E-state index in [4.69, 9.17) is 4.99 Å². The Kier molecular flexibility index (Phi) is 5.81. The largest absolute Gasteiger partial charge is 0.286 e. The molecule has 0 aromatic heterocycles. The lowest BCUT2D eigenvalue weighted by atomic mass is 9.93. The number of rotatable bonds is 4. The standard InChI is InChI=1S/C25H23IN2O/c1-17(2)25(29)28-23(19-13-7-4-8-14-19)22(18-11-5-3-6-12-18)27-24(28)20-15-9-10-16-21(20)26/h3-17,22-23H,1-2H3/t22-,23-/m0/s1. The third kappa shape index (κ3) is 3.86. The van der Waals surface area contributed by atoms with Crippen molar-refractivity contribution in [2.24, 2.45) is 10.9 Å². The van der Waals surface area contributed by atoms with Gasteiger partial charge in [0.1, 0.15) is 11.9 Å². The molecule has 0 bridgehead atoms. The molecule has 0 spiro atoms. The minimum Gasteiger partial charge on any atom is -0.286 e. The van der Waals surface area contributed by atoms with Crippen molar-refractivity contribution >= 4 is 34.3 Å². The lowest BCUT2D eigenvalue weighted by Crippen LogP contribution is -2.40. The van der Waals surface area contributed by atoms with Gasteiger partial charge in [0.2, 0.25) is 5.91 Å². The molecule has 1 aliphatic heterocycles. The van der Waals surface area contributed by atoms with Crippen molar-refractivity contribution < 1.29 is 4.79 Å². The lowest BCUT2D eigenvalue weighted by Gasteiger charge is -2.31. The van der Waals surface area contributed by atoms with Crippen LogP contribution in [0.25, 0.3) is 0 Å². The van der Waals surface area contributed by atoms with Gasteiger partial charge in [0.25, 0.3) is 0 Å². The first-order valence-corrected chi connectivity index (χ1v) is 10.9. The van der Waals surface area contributed by atoms with Gasteiger partial charge in [-0.1, -0.05) is 92.7 Å². The van der Waals surface area contributed by atoms with E-state index in [-0.39, 0.29) is 23.9 Å². The van der Waals surface area contributed by atoms with Gasteiger partial charge >= 0.3 is 0 Å². The van der Waals surface area contributed by atoms with Gasteiger partial charge in [0.05, 0.1) is 6.04 Å². The molecule has 0 N–H and O–H groups in total. The number of halogens is 1. The van der Waals surface area contributed by atoms with Crippen molar-refractivity contribution in [2.45, 2.75) is 25.9 Å². The second kappa shape index (κ2) is 8.49. The van der Waals surface area contributed by atoms with E-state index in [1.807, 2.05) is 67.3 Å². The summed E-state index contributed by atoms with van der Waals surface area (Å²) in [5, 5.41) is 0. The smallest absolute Gasteiger partial charge is 0.231 e. The van der Waals surface area contributed by atoms with Gasteiger partial charge in [0.15, 0.2) is 0 Å². The molecule has 2 atom stereocenters. The highest BCUT2D eigenvalue weighted by atomic mass is 127. The average Bonchev–Trinajstić information content (AvgIpc) is 3.15. The molecule has 0 aliphatic carbocycles. The molecule has 4 rings (SSSR count). The maximum absolute atomic E-state index is 13.4. The van der Waals surface area contributed by atoms with E-state index in [2.05, 4.69) is 59.0 Å². The monoisotopic (exact) mass is 494 g/mol. The molecule has 3 nitrogen and oxygen atoms in total. The Morgan fingerprint density at radius 1 is 0.862 bits per heavy atom. The van der Waals surface area contributed by atoms with E-state index in [0.717, 1.165) is 26.1 Å². The fourth-order valence-corrected chi connectivity index (χ4v) is 4.42. The number of carbonyl (C=O) groups is 1. The summed E-state index contributed by atoms with van der Waals surface area (Å²) in [5.41, 5.74) is 3.21. The molecule has 1 amide bonds. The molecule has 29 heavy (non-hydrogen) atoms. The first-order valence-electron chi connectivity index (χ1n) is 9.83. The van der Waals surface area contributed by atoms with Gasteiger partial charge in [-0.25, -0.2) is 0 Å². The Hall–Kier alpha value is -2.47. The number of amides is 1. The van der Waals surface area contributed by atoms with Crippen LogP contribution in [0.4, 0.5) is 0 Å². The van der Waals surface area contributed by atoms with E-state index < -0.39 is 0 Å². The average molecular weight is 494 g/mol. The van der Waals surface area contributed by atoms with Crippen molar-refractivity contribution in [3.8, 4) is 0 Å². The Labute approximate surface area is 185 Å². The van der Waals surface area contributed by atoms with Gasteiger partial charge in [-0.2, -0.15) is 0 Å². The summed E-state index contributed by atoms with van der Waals surface area (Å²) in [6.45, 7) is 3.90. The van der Waals surface area contributed by atoms with Gasteiger partial charge in [-0.05, 0) is 39.8 Å². The van der Waals surface area contributed by atoms with Crippen molar-refractivity contribution in [1.29, 1.82) is 0 Å². The minimum atomic E-state index is -0.167. The molecule has 0 unspecified atom stereocenters. The molecule has 146 valence electrons. The van der Waals surface area contributed by atoms with Gasteiger partial charge in [-0.15, -0.1) is 0 Å². The maximum atomic E-state index is 13.4. The molecule has 0 saturated heterocycles. The number of hydrogen-bond donors (Lipinski definition) is 0. The molecule has 0 radical (unpaired) electrons. The molecule has 0 fully saturated rings. The predicted octanol–water partition coefficient (Wildman–Crippen LogP) is 6.02. The molecular weight excluding hydrogens is 471 g/mol. The first-order chi connectivity index (χ1) is 14.1. The zero-order valence-corrected chi connectivity index (χ0v) is 18.7. The number of carbonyl (C=O) groups excluding carboxylic acids is 1. The topological polar surface area (TPSA) is 32.7 Å². The second-order valence-electron chi connectivity index (χ2n) is 7.51. The zero-order valence-electron chi connectivity index (χ0n) is 16.5. The van der Waals surface area contributed by atoms with Gasteiger partial charge in [-0.3, -0.25) is 14.7 Å². The molecule has 0 saturated carbocycles. The van der Waals surface area contributed by atoms with E-state index in [0.29, 0.717) is 0 Å². The zero-order chi connectivity index (χ0) is 20.4. The summed E-state index contributed by atoms with van der Waals surface area (Å²) in [5.74, 6) is 0.731. The number of amidine groups is 1. The Morgan fingerprint density at radius 3 is 2.00 bits per heavy atom.